The van der Waals surface area contributed by atoms with Gasteiger partial charge in [0.05, 0.1) is 11.1 Å². The maximum atomic E-state index is 12.4. The van der Waals surface area contributed by atoms with E-state index < -0.39 is 0 Å². The first kappa shape index (κ1) is 19.1. The Kier molecular flexibility index (Phi) is 7.07. The highest BCUT2D eigenvalue weighted by molar-refractivity contribution is 9.10. The molecule has 0 aliphatic rings. The van der Waals surface area contributed by atoms with Crippen LogP contribution >= 0.6 is 15.9 Å². The first-order valence-corrected chi connectivity index (χ1v) is 8.90. The first-order chi connectivity index (χ1) is 12.0. The highest BCUT2D eigenvalue weighted by atomic mass is 79.9. The van der Waals surface area contributed by atoms with Crippen LogP contribution in [0.15, 0.2) is 59.1 Å². The van der Waals surface area contributed by atoms with E-state index >= 15 is 0 Å². The zero-order valence-corrected chi connectivity index (χ0v) is 16.1. The highest BCUT2D eigenvalue weighted by Crippen LogP contribution is 2.27. The number of ether oxygens (including phenoxy) is 2. The van der Waals surface area contributed by atoms with Gasteiger partial charge in [-0.1, -0.05) is 19.6 Å². The van der Waals surface area contributed by atoms with Gasteiger partial charge in [-0.15, -0.1) is 0 Å². The minimum Gasteiger partial charge on any atom is -0.492 e. The van der Waals surface area contributed by atoms with Crippen molar-refractivity contribution in [2.24, 2.45) is 0 Å². The monoisotopic (exact) mass is 403 g/mol. The molecule has 2 aromatic carbocycles. The molecule has 1 N–H and O–H groups in total. The van der Waals surface area contributed by atoms with Crippen molar-refractivity contribution in [3.8, 4) is 11.5 Å². The molecule has 0 aliphatic carbocycles. The van der Waals surface area contributed by atoms with Gasteiger partial charge in [0.25, 0.3) is 5.91 Å². The maximum Gasteiger partial charge on any atom is 0.255 e. The lowest BCUT2D eigenvalue weighted by Gasteiger charge is -2.11. The summed E-state index contributed by atoms with van der Waals surface area (Å²) in [5.41, 5.74) is 2.15. The Balaban J connectivity index is 2.05. The van der Waals surface area contributed by atoms with E-state index in [1.165, 1.54) is 0 Å². The van der Waals surface area contributed by atoms with Crippen LogP contribution in [0.5, 0.6) is 11.5 Å². The average molecular weight is 404 g/mol. The van der Waals surface area contributed by atoms with E-state index in [2.05, 4.69) is 27.8 Å². The van der Waals surface area contributed by atoms with Crippen molar-refractivity contribution >= 4 is 27.5 Å². The van der Waals surface area contributed by atoms with Crippen molar-refractivity contribution in [2.75, 3.05) is 18.5 Å². The van der Waals surface area contributed by atoms with Gasteiger partial charge in [-0.25, -0.2) is 0 Å². The maximum absolute atomic E-state index is 12.4. The smallest absolute Gasteiger partial charge is 0.255 e. The SMILES string of the molecule is C=C(C)COc1cccc(NC(=O)c2ccc(OCCC)c(Br)c2)c1. The zero-order valence-electron chi connectivity index (χ0n) is 14.5. The molecule has 0 bridgehead atoms. The Hall–Kier alpha value is -2.27. The summed E-state index contributed by atoms with van der Waals surface area (Å²) < 4.78 is 11.9. The molecule has 0 fully saturated rings. The zero-order chi connectivity index (χ0) is 18.2. The van der Waals surface area contributed by atoms with Crippen LogP contribution in [0.2, 0.25) is 0 Å². The first-order valence-electron chi connectivity index (χ1n) is 8.10. The van der Waals surface area contributed by atoms with Crippen LogP contribution in [-0.2, 0) is 0 Å². The fourth-order valence-corrected chi connectivity index (χ4v) is 2.54. The Labute approximate surface area is 157 Å². The van der Waals surface area contributed by atoms with E-state index in [9.17, 15) is 4.79 Å². The predicted octanol–water partition coefficient (Wildman–Crippen LogP) is 5.45. The van der Waals surface area contributed by atoms with Gasteiger partial charge in [0.1, 0.15) is 18.1 Å². The molecule has 0 atom stereocenters. The van der Waals surface area contributed by atoms with Crippen molar-refractivity contribution in [1.82, 2.24) is 0 Å². The number of benzene rings is 2. The minimum absolute atomic E-state index is 0.195. The van der Waals surface area contributed by atoms with E-state index in [1.807, 2.05) is 32.0 Å². The summed E-state index contributed by atoms with van der Waals surface area (Å²) in [7, 11) is 0. The Morgan fingerprint density at radius 2 is 2.00 bits per heavy atom. The van der Waals surface area contributed by atoms with Crippen molar-refractivity contribution in [3.63, 3.8) is 0 Å². The second-order valence-corrected chi connectivity index (χ2v) is 6.58. The standard InChI is InChI=1S/C20H22BrNO3/c1-4-10-24-19-9-8-15(11-18(19)21)20(23)22-16-6-5-7-17(12-16)25-13-14(2)3/h5-9,11-12H,2,4,10,13H2,1,3H3,(H,22,23). The van der Waals surface area contributed by atoms with Gasteiger partial charge in [-0.05, 0) is 65.2 Å². The number of anilines is 1. The van der Waals surface area contributed by atoms with Gasteiger partial charge in [0.2, 0.25) is 0 Å². The number of nitrogens with one attached hydrogen (secondary N) is 1. The molecule has 132 valence electrons. The predicted molar refractivity (Wildman–Crippen MR) is 105 cm³/mol. The van der Waals surface area contributed by atoms with Crippen LogP contribution in [-0.4, -0.2) is 19.1 Å². The second kappa shape index (κ2) is 9.28. The van der Waals surface area contributed by atoms with Gasteiger partial charge in [0.15, 0.2) is 0 Å². The normalized spacial score (nSPS) is 10.2. The van der Waals surface area contributed by atoms with E-state index in [0.717, 1.165) is 22.2 Å². The van der Waals surface area contributed by atoms with Crippen LogP contribution in [0.1, 0.15) is 30.6 Å². The summed E-state index contributed by atoms with van der Waals surface area (Å²) in [5, 5.41) is 2.87. The molecule has 2 rings (SSSR count). The third kappa shape index (κ3) is 5.94. The fraction of sp³-hybridized carbons (Fsp3) is 0.250. The third-order valence-electron chi connectivity index (χ3n) is 3.23. The van der Waals surface area contributed by atoms with Gasteiger partial charge in [-0.2, -0.15) is 0 Å². The number of amides is 1. The molecule has 1 amide bonds. The number of carbonyl (C=O) groups is 1. The average Bonchev–Trinajstić information content (AvgIpc) is 2.59. The molecule has 0 radical (unpaired) electrons. The number of halogens is 1. The van der Waals surface area contributed by atoms with Crippen molar-refractivity contribution < 1.29 is 14.3 Å². The van der Waals surface area contributed by atoms with E-state index in [0.29, 0.717) is 30.2 Å². The molecule has 0 aliphatic heterocycles. The minimum atomic E-state index is -0.195. The second-order valence-electron chi connectivity index (χ2n) is 5.72. The van der Waals surface area contributed by atoms with Crippen LogP contribution in [0, 0.1) is 0 Å². The summed E-state index contributed by atoms with van der Waals surface area (Å²) in [6.45, 7) is 8.84. The van der Waals surface area contributed by atoms with Crippen LogP contribution in [0.25, 0.3) is 0 Å². The van der Waals surface area contributed by atoms with E-state index in [4.69, 9.17) is 9.47 Å². The van der Waals surface area contributed by atoms with Crippen molar-refractivity contribution in [3.05, 3.63) is 64.7 Å². The lowest BCUT2D eigenvalue weighted by atomic mass is 10.2. The molecule has 0 saturated heterocycles. The lowest BCUT2D eigenvalue weighted by Crippen LogP contribution is -2.12. The van der Waals surface area contributed by atoms with E-state index in [1.54, 1.807) is 24.3 Å². The molecular weight excluding hydrogens is 382 g/mol. The van der Waals surface area contributed by atoms with Crippen LogP contribution in [0.4, 0.5) is 5.69 Å². The lowest BCUT2D eigenvalue weighted by molar-refractivity contribution is 0.102. The molecular formula is C20H22BrNO3. The van der Waals surface area contributed by atoms with Gasteiger partial charge in [0, 0.05) is 17.3 Å². The molecule has 0 spiro atoms. The number of carbonyl (C=O) groups excluding carboxylic acids is 1. The molecule has 25 heavy (non-hydrogen) atoms. The van der Waals surface area contributed by atoms with Gasteiger partial charge >= 0.3 is 0 Å². The van der Waals surface area contributed by atoms with Crippen molar-refractivity contribution in [2.45, 2.75) is 20.3 Å². The highest BCUT2D eigenvalue weighted by Gasteiger charge is 2.10. The Morgan fingerprint density at radius 3 is 2.68 bits per heavy atom. The molecule has 0 saturated carbocycles. The van der Waals surface area contributed by atoms with Crippen LogP contribution < -0.4 is 14.8 Å². The summed E-state index contributed by atoms with van der Waals surface area (Å²) in [6, 6.07) is 12.6. The number of rotatable bonds is 8. The summed E-state index contributed by atoms with van der Waals surface area (Å²) in [4.78, 5) is 12.4. The molecule has 0 unspecified atom stereocenters. The fourth-order valence-electron chi connectivity index (χ4n) is 2.04. The Morgan fingerprint density at radius 1 is 1.20 bits per heavy atom. The molecule has 0 heterocycles. The third-order valence-corrected chi connectivity index (χ3v) is 3.85. The van der Waals surface area contributed by atoms with Gasteiger partial charge < -0.3 is 14.8 Å². The Bertz CT molecular complexity index is 758. The summed E-state index contributed by atoms with van der Waals surface area (Å²) in [6.07, 6.45) is 0.929. The molecule has 0 aromatic heterocycles. The summed E-state index contributed by atoms with van der Waals surface area (Å²) >= 11 is 3.44. The van der Waals surface area contributed by atoms with Crippen molar-refractivity contribution in [1.29, 1.82) is 0 Å². The largest absolute Gasteiger partial charge is 0.492 e. The molecule has 5 heteroatoms. The van der Waals surface area contributed by atoms with E-state index in [-0.39, 0.29) is 5.91 Å². The molecule has 4 nitrogen and oxygen atoms in total. The number of hydrogen-bond acceptors (Lipinski definition) is 3. The topological polar surface area (TPSA) is 47.6 Å². The number of hydrogen-bond donors (Lipinski definition) is 1. The quantitative estimate of drug-likeness (QED) is 0.596. The molecule has 2 aromatic rings. The summed E-state index contributed by atoms with van der Waals surface area (Å²) in [5.74, 6) is 1.22. The van der Waals surface area contributed by atoms with Crippen LogP contribution in [0.3, 0.4) is 0 Å². The van der Waals surface area contributed by atoms with Gasteiger partial charge in [-0.3, -0.25) is 4.79 Å².